The topological polar surface area (TPSA) is 108 Å². The number of benzene rings is 1. The first-order valence-electron chi connectivity index (χ1n) is 7.25. The Balaban J connectivity index is 0.00000288. The molecule has 134 valence electrons. The molecular weight excluding hydrogens is 356 g/mol. The lowest BCUT2D eigenvalue weighted by atomic mass is 10.2. The van der Waals surface area contributed by atoms with Gasteiger partial charge >= 0.3 is 0 Å². The molecule has 1 aliphatic rings. The van der Waals surface area contributed by atoms with Gasteiger partial charge in [0.25, 0.3) is 5.91 Å². The maximum Gasteiger partial charge on any atom is 0.251 e. The summed E-state index contributed by atoms with van der Waals surface area (Å²) in [5, 5.41) is 8.21. The Morgan fingerprint density at radius 1 is 1.25 bits per heavy atom. The van der Waals surface area contributed by atoms with E-state index in [-0.39, 0.29) is 42.2 Å². The number of nitrogens with zero attached hydrogens (tertiary/aromatic N) is 1. The lowest BCUT2D eigenvalue weighted by Gasteiger charge is -2.25. The lowest BCUT2D eigenvalue weighted by molar-refractivity contribution is -0.122. The van der Waals surface area contributed by atoms with E-state index in [0.29, 0.717) is 25.2 Å². The van der Waals surface area contributed by atoms with E-state index < -0.39 is 10.0 Å². The Morgan fingerprint density at radius 2 is 1.92 bits per heavy atom. The standard InChI is InChI=1S/C14H20N4O4S.ClH/c1-15-6-7-17-14(20)11-2-4-12(5-3-11)23(21,22)18-9-8-16-13(19)10-18;/h2-5,15H,6-10H2,1H3,(H,16,19)(H,17,20);1H. The number of likely N-dealkylation sites (N-methyl/N-ethyl adjacent to an activating group) is 1. The highest BCUT2D eigenvalue weighted by molar-refractivity contribution is 7.89. The van der Waals surface area contributed by atoms with E-state index in [1.807, 2.05) is 0 Å². The number of halogens is 1. The number of amides is 2. The second-order valence-corrected chi connectivity index (χ2v) is 7.01. The molecule has 3 N–H and O–H groups in total. The molecule has 2 amide bonds. The molecule has 1 saturated heterocycles. The molecule has 8 nitrogen and oxygen atoms in total. The van der Waals surface area contributed by atoms with Gasteiger partial charge in [-0.2, -0.15) is 4.31 Å². The summed E-state index contributed by atoms with van der Waals surface area (Å²) in [6.07, 6.45) is 0. The number of hydrogen-bond donors (Lipinski definition) is 3. The predicted molar refractivity (Wildman–Crippen MR) is 91.7 cm³/mol. The summed E-state index contributed by atoms with van der Waals surface area (Å²) in [6, 6.07) is 5.70. The highest BCUT2D eigenvalue weighted by atomic mass is 35.5. The molecule has 0 radical (unpaired) electrons. The molecule has 1 aromatic carbocycles. The molecule has 10 heteroatoms. The molecule has 0 bridgehead atoms. The van der Waals surface area contributed by atoms with E-state index in [1.54, 1.807) is 7.05 Å². The zero-order valence-corrected chi connectivity index (χ0v) is 14.9. The van der Waals surface area contributed by atoms with Crippen molar-refractivity contribution in [1.29, 1.82) is 0 Å². The summed E-state index contributed by atoms with van der Waals surface area (Å²) in [6.45, 7) is 1.48. The Labute approximate surface area is 147 Å². The van der Waals surface area contributed by atoms with Crippen LogP contribution in [0.2, 0.25) is 0 Å². The minimum Gasteiger partial charge on any atom is -0.354 e. The fourth-order valence-electron chi connectivity index (χ4n) is 2.15. The van der Waals surface area contributed by atoms with Crippen molar-refractivity contribution < 1.29 is 18.0 Å². The number of piperazine rings is 1. The van der Waals surface area contributed by atoms with Crippen LogP contribution in [0.5, 0.6) is 0 Å². The normalized spacial score (nSPS) is 15.3. The highest BCUT2D eigenvalue weighted by Crippen LogP contribution is 2.17. The predicted octanol–water partition coefficient (Wildman–Crippen LogP) is -0.822. The van der Waals surface area contributed by atoms with Crippen LogP contribution in [0.4, 0.5) is 0 Å². The molecule has 1 heterocycles. The Kier molecular flexibility index (Phi) is 7.61. The maximum atomic E-state index is 12.5. The summed E-state index contributed by atoms with van der Waals surface area (Å²) >= 11 is 0. The monoisotopic (exact) mass is 376 g/mol. The first-order valence-corrected chi connectivity index (χ1v) is 8.69. The van der Waals surface area contributed by atoms with Gasteiger partial charge in [-0.3, -0.25) is 9.59 Å². The van der Waals surface area contributed by atoms with Crippen LogP contribution in [-0.4, -0.2) is 64.3 Å². The maximum absolute atomic E-state index is 12.5. The van der Waals surface area contributed by atoms with Crippen molar-refractivity contribution in [3.8, 4) is 0 Å². The summed E-state index contributed by atoms with van der Waals surface area (Å²) in [7, 11) is -1.94. The summed E-state index contributed by atoms with van der Waals surface area (Å²) < 4.78 is 26.1. The van der Waals surface area contributed by atoms with E-state index in [0.717, 1.165) is 4.31 Å². The van der Waals surface area contributed by atoms with Crippen LogP contribution in [0.1, 0.15) is 10.4 Å². The van der Waals surface area contributed by atoms with Crippen molar-refractivity contribution in [2.75, 3.05) is 39.8 Å². The minimum atomic E-state index is -3.73. The Bertz CT molecular complexity index is 679. The first kappa shape index (κ1) is 20.4. The molecule has 2 rings (SSSR count). The number of sulfonamides is 1. The fourth-order valence-corrected chi connectivity index (χ4v) is 3.55. The summed E-state index contributed by atoms with van der Waals surface area (Å²) in [5.41, 5.74) is 0.386. The van der Waals surface area contributed by atoms with Crippen molar-refractivity contribution in [3.05, 3.63) is 29.8 Å². The molecule has 1 fully saturated rings. The van der Waals surface area contributed by atoms with Crippen molar-refractivity contribution in [2.45, 2.75) is 4.90 Å². The van der Waals surface area contributed by atoms with Gasteiger partial charge in [0.05, 0.1) is 11.4 Å². The second-order valence-electron chi connectivity index (χ2n) is 5.07. The zero-order valence-electron chi connectivity index (χ0n) is 13.2. The minimum absolute atomic E-state index is 0. The van der Waals surface area contributed by atoms with E-state index in [9.17, 15) is 18.0 Å². The average Bonchev–Trinajstić information content (AvgIpc) is 2.55. The van der Waals surface area contributed by atoms with E-state index >= 15 is 0 Å². The van der Waals surface area contributed by atoms with E-state index in [4.69, 9.17) is 0 Å². The van der Waals surface area contributed by atoms with Gasteiger partial charge in [-0.05, 0) is 31.3 Å². The van der Waals surface area contributed by atoms with Crippen molar-refractivity contribution in [3.63, 3.8) is 0 Å². The largest absolute Gasteiger partial charge is 0.354 e. The van der Waals surface area contributed by atoms with Crippen molar-refractivity contribution in [1.82, 2.24) is 20.3 Å². The van der Waals surface area contributed by atoms with Gasteiger partial charge in [-0.1, -0.05) is 0 Å². The Hall–Kier alpha value is -1.68. The smallest absolute Gasteiger partial charge is 0.251 e. The second kappa shape index (κ2) is 8.97. The van der Waals surface area contributed by atoms with E-state index in [2.05, 4.69) is 16.0 Å². The average molecular weight is 377 g/mol. The number of carbonyl (C=O) groups is 2. The molecular formula is C14H21ClN4O4S. The molecule has 1 aromatic rings. The van der Waals surface area contributed by atoms with Crippen molar-refractivity contribution in [2.24, 2.45) is 0 Å². The third kappa shape index (κ3) is 4.91. The van der Waals surface area contributed by atoms with Crippen LogP contribution in [-0.2, 0) is 14.8 Å². The Morgan fingerprint density at radius 3 is 2.50 bits per heavy atom. The van der Waals surface area contributed by atoms with E-state index in [1.165, 1.54) is 24.3 Å². The molecule has 0 aliphatic carbocycles. The molecule has 0 unspecified atom stereocenters. The summed E-state index contributed by atoms with van der Waals surface area (Å²) in [4.78, 5) is 23.3. The molecule has 0 spiro atoms. The van der Waals surface area contributed by atoms with Gasteiger partial charge < -0.3 is 16.0 Å². The molecule has 0 saturated carbocycles. The zero-order chi connectivity index (χ0) is 16.9. The van der Waals surface area contributed by atoms with Crippen LogP contribution in [0.15, 0.2) is 29.2 Å². The van der Waals surface area contributed by atoms with Gasteiger partial charge in [0.2, 0.25) is 15.9 Å². The first-order chi connectivity index (χ1) is 10.9. The molecule has 0 atom stereocenters. The van der Waals surface area contributed by atoms with Crippen LogP contribution >= 0.6 is 12.4 Å². The summed E-state index contributed by atoms with van der Waals surface area (Å²) in [5.74, 6) is -0.582. The number of hydrogen-bond acceptors (Lipinski definition) is 5. The third-order valence-electron chi connectivity index (χ3n) is 3.42. The number of nitrogens with one attached hydrogen (secondary N) is 3. The van der Waals surface area contributed by atoms with Gasteiger partial charge in [0.1, 0.15) is 0 Å². The quantitative estimate of drug-likeness (QED) is 0.562. The number of rotatable bonds is 6. The van der Waals surface area contributed by atoms with Crippen LogP contribution < -0.4 is 16.0 Å². The van der Waals surface area contributed by atoms with Gasteiger partial charge in [0, 0.05) is 31.7 Å². The molecule has 1 aliphatic heterocycles. The SMILES string of the molecule is CNCCNC(=O)c1ccc(S(=O)(=O)N2CCNC(=O)C2)cc1.Cl. The fraction of sp³-hybridized carbons (Fsp3) is 0.429. The van der Waals surface area contributed by atoms with Crippen LogP contribution in [0, 0.1) is 0 Å². The lowest BCUT2D eigenvalue weighted by Crippen LogP contribution is -2.49. The number of carbonyl (C=O) groups excluding carboxylic acids is 2. The molecule has 24 heavy (non-hydrogen) atoms. The van der Waals surface area contributed by atoms with Crippen molar-refractivity contribution >= 4 is 34.2 Å². The van der Waals surface area contributed by atoms with Crippen LogP contribution in [0.3, 0.4) is 0 Å². The van der Waals surface area contributed by atoms with Gasteiger partial charge in [-0.15, -0.1) is 12.4 Å². The van der Waals surface area contributed by atoms with Gasteiger partial charge in [0.15, 0.2) is 0 Å². The third-order valence-corrected chi connectivity index (χ3v) is 5.28. The highest BCUT2D eigenvalue weighted by Gasteiger charge is 2.29. The van der Waals surface area contributed by atoms with Crippen LogP contribution in [0.25, 0.3) is 0 Å². The van der Waals surface area contributed by atoms with Gasteiger partial charge in [-0.25, -0.2) is 8.42 Å². The molecule has 0 aromatic heterocycles.